The molecule has 60 valence electrons. The third-order valence-electron chi connectivity index (χ3n) is 1.46. The molecule has 0 radical (unpaired) electrons. The Labute approximate surface area is 67.6 Å². The molecule has 2 nitrogen and oxygen atoms in total. The van der Waals surface area contributed by atoms with Gasteiger partial charge in [0.2, 0.25) is 0 Å². The third-order valence-corrected chi connectivity index (χ3v) is 1.46. The summed E-state index contributed by atoms with van der Waals surface area (Å²) in [5.74, 6) is 0. The second-order valence-electron chi connectivity index (χ2n) is 2.52. The Morgan fingerprint density at radius 2 is 1.82 bits per heavy atom. The normalized spacial score (nSPS) is 9.64. The average molecular weight is 150 g/mol. The second-order valence-corrected chi connectivity index (χ2v) is 2.52. The molecule has 0 bridgehead atoms. The Kier molecular flexibility index (Phi) is 2.93. The largest absolute Gasteiger partial charge is 0.322 e. The van der Waals surface area contributed by atoms with Gasteiger partial charge in [0.1, 0.15) is 0 Å². The van der Waals surface area contributed by atoms with Crippen LogP contribution in [-0.4, -0.2) is 6.54 Å². The van der Waals surface area contributed by atoms with Gasteiger partial charge in [-0.3, -0.25) is 0 Å². The van der Waals surface area contributed by atoms with Crippen LogP contribution in [-0.2, 0) is 0 Å². The minimum atomic E-state index is 0.924. The molecule has 0 heterocycles. The molecule has 0 atom stereocenters. The predicted octanol–water partition coefficient (Wildman–Crippen LogP) is 1.93. The zero-order valence-corrected chi connectivity index (χ0v) is 7.02. The van der Waals surface area contributed by atoms with Crippen LogP contribution in [0, 0.1) is 6.92 Å². The highest BCUT2D eigenvalue weighted by molar-refractivity contribution is 5.43. The highest BCUT2D eigenvalue weighted by Gasteiger charge is 1.87. The van der Waals surface area contributed by atoms with Gasteiger partial charge in [-0.25, -0.2) is 5.43 Å². The number of rotatable bonds is 3. The van der Waals surface area contributed by atoms with Gasteiger partial charge in [0.25, 0.3) is 0 Å². The molecule has 1 aromatic rings. The minimum absolute atomic E-state index is 0.924. The standard InChI is InChI=1S/C9H14N2/c1-3-10-11-9-6-4-8(2)5-7-9/h4-7,10-11H,3H2,1-2H3. The Bertz CT molecular complexity index is 203. The molecule has 11 heavy (non-hydrogen) atoms. The van der Waals surface area contributed by atoms with E-state index in [0.717, 1.165) is 12.2 Å². The van der Waals surface area contributed by atoms with E-state index in [4.69, 9.17) is 0 Å². The molecule has 0 aliphatic heterocycles. The summed E-state index contributed by atoms with van der Waals surface area (Å²) in [6.45, 7) is 5.06. The lowest BCUT2D eigenvalue weighted by Crippen LogP contribution is -2.20. The molecular weight excluding hydrogens is 136 g/mol. The fourth-order valence-corrected chi connectivity index (χ4v) is 0.827. The third kappa shape index (κ3) is 2.60. The number of nitrogens with one attached hydrogen (secondary N) is 2. The number of hydrogen-bond donors (Lipinski definition) is 2. The van der Waals surface area contributed by atoms with Crippen LogP contribution in [0.1, 0.15) is 12.5 Å². The van der Waals surface area contributed by atoms with Crippen molar-refractivity contribution in [3.8, 4) is 0 Å². The molecule has 0 spiro atoms. The van der Waals surface area contributed by atoms with Crippen LogP contribution in [0.25, 0.3) is 0 Å². The molecule has 0 amide bonds. The zero-order valence-electron chi connectivity index (χ0n) is 7.02. The topological polar surface area (TPSA) is 24.1 Å². The number of benzene rings is 1. The van der Waals surface area contributed by atoms with Crippen LogP contribution < -0.4 is 10.9 Å². The van der Waals surface area contributed by atoms with E-state index >= 15 is 0 Å². The van der Waals surface area contributed by atoms with Crippen molar-refractivity contribution in [2.24, 2.45) is 0 Å². The lowest BCUT2D eigenvalue weighted by atomic mass is 10.2. The first-order chi connectivity index (χ1) is 5.33. The van der Waals surface area contributed by atoms with Crippen LogP contribution in [0.2, 0.25) is 0 Å². The predicted molar refractivity (Wildman–Crippen MR) is 48.5 cm³/mol. The van der Waals surface area contributed by atoms with Crippen molar-refractivity contribution in [1.29, 1.82) is 0 Å². The average Bonchev–Trinajstić information content (AvgIpc) is 2.04. The maximum Gasteiger partial charge on any atom is 0.0487 e. The Morgan fingerprint density at radius 1 is 1.18 bits per heavy atom. The second kappa shape index (κ2) is 3.98. The van der Waals surface area contributed by atoms with Crippen molar-refractivity contribution in [1.82, 2.24) is 5.43 Å². The molecule has 2 heteroatoms. The van der Waals surface area contributed by atoms with Crippen LogP contribution in [0.4, 0.5) is 5.69 Å². The van der Waals surface area contributed by atoms with Crippen molar-refractivity contribution in [2.75, 3.05) is 12.0 Å². The fourth-order valence-electron chi connectivity index (χ4n) is 0.827. The molecule has 0 aromatic heterocycles. The molecule has 1 rings (SSSR count). The highest BCUT2D eigenvalue weighted by atomic mass is 15.3. The molecular formula is C9H14N2. The van der Waals surface area contributed by atoms with Gasteiger partial charge in [0.15, 0.2) is 0 Å². The van der Waals surface area contributed by atoms with E-state index in [9.17, 15) is 0 Å². The van der Waals surface area contributed by atoms with Crippen molar-refractivity contribution in [3.63, 3.8) is 0 Å². The van der Waals surface area contributed by atoms with Gasteiger partial charge < -0.3 is 5.43 Å². The molecule has 0 aliphatic carbocycles. The number of aryl methyl sites for hydroxylation is 1. The van der Waals surface area contributed by atoms with Gasteiger partial charge in [0, 0.05) is 12.2 Å². The van der Waals surface area contributed by atoms with Crippen molar-refractivity contribution < 1.29 is 0 Å². The van der Waals surface area contributed by atoms with E-state index in [-0.39, 0.29) is 0 Å². The summed E-state index contributed by atoms with van der Waals surface area (Å²) in [6.07, 6.45) is 0. The minimum Gasteiger partial charge on any atom is -0.322 e. The van der Waals surface area contributed by atoms with Gasteiger partial charge in [-0.15, -0.1) is 0 Å². The van der Waals surface area contributed by atoms with Gasteiger partial charge in [-0.2, -0.15) is 0 Å². The van der Waals surface area contributed by atoms with Crippen molar-refractivity contribution in [2.45, 2.75) is 13.8 Å². The quantitative estimate of drug-likeness (QED) is 0.643. The lowest BCUT2D eigenvalue weighted by Gasteiger charge is -2.05. The van der Waals surface area contributed by atoms with E-state index in [1.807, 2.05) is 0 Å². The van der Waals surface area contributed by atoms with E-state index in [1.54, 1.807) is 0 Å². The van der Waals surface area contributed by atoms with E-state index in [1.165, 1.54) is 5.56 Å². The van der Waals surface area contributed by atoms with Crippen LogP contribution in [0.5, 0.6) is 0 Å². The first-order valence-corrected chi connectivity index (χ1v) is 3.88. The monoisotopic (exact) mass is 150 g/mol. The van der Waals surface area contributed by atoms with E-state index in [2.05, 4.69) is 49.0 Å². The van der Waals surface area contributed by atoms with Crippen LogP contribution in [0.15, 0.2) is 24.3 Å². The highest BCUT2D eigenvalue weighted by Crippen LogP contribution is 2.06. The van der Waals surface area contributed by atoms with Gasteiger partial charge in [-0.05, 0) is 19.1 Å². The van der Waals surface area contributed by atoms with Crippen LogP contribution >= 0.6 is 0 Å². The maximum absolute atomic E-state index is 3.07. The summed E-state index contributed by atoms with van der Waals surface area (Å²) in [5, 5.41) is 0. The molecule has 1 aromatic carbocycles. The first kappa shape index (κ1) is 8.08. The molecule has 2 N–H and O–H groups in total. The summed E-state index contributed by atoms with van der Waals surface area (Å²) in [5.41, 5.74) is 8.50. The molecule has 0 fully saturated rings. The molecule has 0 aliphatic rings. The number of hydrazine groups is 1. The maximum atomic E-state index is 3.07. The SMILES string of the molecule is CCNNc1ccc(C)cc1. The Morgan fingerprint density at radius 3 is 2.36 bits per heavy atom. The smallest absolute Gasteiger partial charge is 0.0487 e. The van der Waals surface area contributed by atoms with E-state index < -0.39 is 0 Å². The van der Waals surface area contributed by atoms with E-state index in [0.29, 0.717) is 0 Å². The van der Waals surface area contributed by atoms with Gasteiger partial charge in [-0.1, -0.05) is 24.6 Å². The summed E-state index contributed by atoms with van der Waals surface area (Å²) in [4.78, 5) is 0. The summed E-state index contributed by atoms with van der Waals surface area (Å²) in [7, 11) is 0. The molecule has 0 saturated carbocycles. The van der Waals surface area contributed by atoms with Crippen molar-refractivity contribution >= 4 is 5.69 Å². The summed E-state index contributed by atoms with van der Waals surface area (Å²) >= 11 is 0. The zero-order chi connectivity index (χ0) is 8.10. The van der Waals surface area contributed by atoms with Crippen molar-refractivity contribution in [3.05, 3.63) is 29.8 Å². The fraction of sp³-hybridized carbons (Fsp3) is 0.333. The van der Waals surface area contributed by atoms with Crippen LogP contribution in [0.3, 0.4) is 0 Å². The number of anilines is 1. The molecule has 0 saturated heterocycles. The van der Waals surface area contributed by atoms with Gasteiger partial charge >= 0.3 is 0 Å². The summed E-state index contributed by atoms with van der Waals surface area (Å²) in [6, 6.07) is 8.27. The number of hydrogen-bond acceptors (Lipinski definition) is 2. The Hall–Kier alpha value is -1.02. The van der Waals surface area contributed by atoms with Gasteiger partial charge in [0.05, 0.1) is 0 Å². The first-order valence-electron chi connectivity index (χ1n) is 3.88. The summed E-state index contributed by atoms with van der Waals surface area (Å²) < 4.78 is 0. The Balaban J connectivity index is 2.52. The molecule has 0 unspecified atom stereocenters. The lowest BCUT2D eigenvalue weighted by molar-refractivity contribution is 0.844.